The highest BCUT2D eigenvalue weighted by Gasteiger charge is 2.58. The van der Waals surface area contributed by atoms with E-state index in [0.717, 1.165) is 19.3 Å². The lowest BCUT2D eigenvalue weighted by molar-refractivity contribution is -0.154. The summed E-state index contributed by atoms with van der Waals surface area (Å²) in [6.45, 7) is 2.20. The number of cyclic esters (lactones) is 2. The molecule has 2 bridgehead atoms. The molecule has 2 unspecified atom stereocenters. The molecular formula is C11H14O3. The minimum absolute atomic E-state index is 0.0857. The van der Waals surface area contributed by atoms with E-state index in [2.05, 4.69) is 6.92 Å². The fourth-order valence-corrected chi connectivity index (χ4v) is 3.78. The van der Waals surface area contributed by atoms with Crippen molar-refractivity contribution >= 4 is 11.9 Å². The number of ether oxygens (including phenoxy) is 1. The van der Waals surface area contributed by atoms with Crippen LogP contribution in [0.4, 0.5) is 0 Å². The molecule has 14 heavy (non-hydrogen) atoms. The first kappa shape index (κ1) is 8.45. The fourth-order valence-electron chi connectivity index (χ4n) is 3.78. The van der Waals surface area contributed by atoms with Gasteiger partial charge in [0, 0.05) is 0 Å². The summed E-state index contributed by atoms with van der Waals surface area (Å²) in [5.74, 6) is 0.738. The van der Waals surface area contributed by atoms with E-state index in [-0.39, 0.29) is 23.8 Å². The van der Waals surface area contributed by atoms with Gasteiger partial charge in [-0.15, -0.1) is 0 Å². The molecular weight excluding hydrogens is 180 g/mol. The van der Waals surface area contributed by atoms with Crippen LogP contribution in [0, 0.1) is 29.6 Å². The van der Waals surface area contributed by atoms with Gasteiger partial charge >= 0.3 is 11.9 Å². The van der Waals surface area contributed by atoms with Crippen LogP contribution in [0.2, 0.25) is 0 Å². The average Bonchev–Trinajstić information content (AvgIpc) is 2.45. The van der Waals surface area contributed by atoms with Crippen LogP contribution in [0.1, 0.15) is 26.2 Å². The van der Waals surface area contributed by atoms with Gasteiger partial charge in [-0.05, 0) is 37.0 Å². The Kier molecular flexibility index (Phi) is 1.56. The summed E-state index contributed by atoms with van der Waals surface area (Å²) in [4.78, 5) is 23.0. The number of rotatable bonds is 0. The van der Waals surface area contributed by atoms with Crippen molar-refractivity contribution in [2.75, 3.05) is 0 Å². The van der Waals surface area contributed by atoms with Gasteiger partial charge in [0.2, 0.25) is 0 Å². The lowest BCUT2D eigenvalue weighted by Crippen LogP contribution is -2.45. The Bertz CT molecular complexity index is 310. The SMILES string of the molecule is C[C@@H]1CC2CCC1[C@H]1C(=O)OC(=O)[C@@H]21. The first-order valence-corrected chi connectivity index (χ1v) is 5.44. The number of esters is 2. The molecule has 3 saturated carbocycles. The third kappa shape index (κ3) is 0.877. The highest BCUT2D eigenvalue weighted by Crippen LogP contribution is 2.54. The van der Waals surface area contributed by atoms with Gasteiger partial charge in [-0.2, -0.15) is 0 Å². The predicted octanol–water partition coefficient (Wildman–Crippen LogP) is 1.37. The molecule has 4 aliphatic rings. The summed E-state index contributed by atoms with van der Waals surface area (Å²) in [5.41, 5.74) is 0. The Hall–Kier alpha value is -0.860. The van der Waals surface area contributed by atoms with Gasteiger partial charge in [-0.25, -0.2) is 0 Å². The second-order valence-corrected chi connectivity index (χ2v) is 5.01. The second kappa shape index (κ2) is 2.59. The average molecular weight is 194 g/mol. The van der Waals surface area contributed by atoms with Crippen LogP contribution in [0.3, 0.4) is 0 Å². The van der Waals surface area contributed by atoms with Gasteiger partial charge in [0.1, 0.15) is 0 Å². The molecule has 1 heterocycles. The minimum Gasteiger partial charge on any atom is -0.393 e. The summed E-state index contributed by atoms with van der Waals surface area (Å²) >= 11 is 0. The Morgan fingerprint density at radius 1 is 1.14 bits per heavy atom. The topological polar surface area (TPSA) is 43.4 Å². The standard InChI is InChI=1S/C11H14O3/c1-5-4-6-2-3-7(5)9-8(6)10(12)14-11(9)13/h5-9H,2-4H2,1H3/t5-,6?,7?,8+,9-/m1/s1. The third-order valence-corrected chi connectivity index (χ3v) is 4.38. The molecule has 0 N–H and O–H groups in total. The second-order valence-electron chi connectivity index (χ2n) is 5.01. The van der Waals surface area contributed by atoms with E-state index in [1.54, 1.807) is 0 Å². The largest absolute Gasteiger partial charge is 0.393 e. The normalized spacial score (nSPS) is 50.5. The zero-order valence-corrected chi connectivity index (χ0v) is 8.23. The van der Waals surface area contributed by atoms with Gasteiger partial charge in [-0.3, -0.25) is 9.59 Å². The minimum atomic E-state index is -0.249. The highest BCUT2D eigenvalue weighted by molar-refractivity contribution is 5.97. The molecule has 0 aromatic rings. The summed E-state index contributed by atoms with van der Waals surface area (Å²) < 4.78 is 4.76. The maximum atomic E-state index is 11.5. The van der Waals surface area contributed by atoms with E-state index in [1.807, 2.05) is 0 Å². The van der Waals surface area contributed by atoms with Crippen LogP contribution in [0.15, 0.2) is 0 Å². The van der Waals surface area contributed by atoms with E-state index in [9.17, 15) is 9.59 Å². The molecule has 76 valence electrons. The van der Waals surface area contributed by atoms with Crippen molar-refractivity contribution in [3.8, 4) is 0 Å². The molecule has 0 aromatic carbocycles. The number of fused-ring (bicyclic) bond motifs is 2. The van der Waals surface area contributed by atoms with Crippen LogP contribution in [0.25, 0.3) is 0 Å². The molecule has 0 aromatic heterocycles. The smallest absolute Gasteiger partial charge is 0.317 e. The van der Waals surface area contributed by atoms with E-state index in [1.165, 1.54) is 0 Å². The summed E-state index contributed by atoms with van der Waals surface area (Å²) in [5, 5.41) is 0. The van der Waals surface area contributed by atoms with Crippen molar-refractivity contribution in [3.05, 3.63) is 0 Å². The Morgan fingerprint density at radius 3 is 2.57 bits per heavy atom. The first-order valence-electron chi connectivity index (χ1n) is 5.44. The molecule has 5 atom stereocenters. The van der Waals surface area contributed by atoms with Crippen LogP contribution in [-0.2, 0) is 14.3 Å². The Balaban J connectivity index is 2.00. The van der Waals surface area contributed by atoms with Gasteiger partial charge in [-0.1, -0.05) is 6.92 Å². The Morgan fingerprint density at radius 2 is 1.86 bits per heavy atom. The van der Waals surface area contributed by atoms with E-state index < -0.39 is 0 Å². The van der Waals surface area contributed by atoms with Gasteiger partial charge < -0.3 is 4.74 Å². The first-order chi connectivity index (χ1) is 6.68. The highest BCUT2D eigenvalue weighted by atomic mass is 16.6. The number of carbonyl (C=O) groups is 2. The van der Waals surface area contributed by atoms with E-state index in [4.69, 9.17) is 4.74 Å². The lowest BCUT2D eigenvalue weighted by atomic mass is 9.56. The molecule has 3 nitrogen and oxygen atoms in total. The molecule has 4 rings (SSSR count). The van der Waals surface area contributed by atoms with Crippen molar-refractivity contribution in [3.63, 3.8) is 0 Å². The van der Waals surface area contributed by atoms with Crippen molar-refractivity contribution in [1.29, 1.82) is 0 Å². The maximum Gasteiger partial charge on any atom is 0.317 e. The summed E-state index contributed by atoms with van der Waals surface area (Å²) in [6, 6.07) is 0. The predicted molar refractivity (Wildman–Crippen MR) is 48.1 cm³/mol. The number of hydrogen-bond donors (Lipinski definition) is 0. The summed E-state index contributed by atoms with van der Waals surface area (Å²) in [6.07, 6.45) is 3.32. The van der Waals surface area contributed by atoms with Gasteiger partial charge in [0.15, 0.2) is 0 Å². The molecule has 3 heteroatoms. The molecule has 4 fully saturated rings. The van der Waals surface area contributed by atoms with Crippen LogP contribution in [-0.4, -0.2) is 11.9 Å². The van der Waals surface area contributed by atoms with Gasteiger partial charge in [0.05, 0.1) is 11.8 Å². The zero-order chi connectivity index (χ0) is 9.87. The summed E-state index contributed by atoms with van der Waals surface area (Å²) in [7, 11) is 0. The molecule has 3 aliphatic carbocycles. The van der Waals surface area contributed by atoms with Crippen molar-refractivity contribution in [2.24, 2.45) is 29.6 Å². The van der Waals surface area contributed by atoms with E-state index >= 15 is 0 Å². The third-order valence-electron chi connectivity index (χ3n) is 4.38. The molecule has 1 aliphatic heterocycles. The lowest BCUT2D eigenvalue weighted by Gasteiger charge is -2.46. The quantitative estimate of drug-likeness (QED) is 0.432. The van der Waals surface area contributed by atoms with Crippen molar-refractivity contribution in [2.45, 2.75) is 26.2 Å². The maximum absolute atomic E-state index is 11.5. The molecule has 0 radical (unpaired) electrons. The van der Waals surface area contributed by atoms with Crippen molar-refractivity contribution < 1.29 is 14.3 Å². The Labute approximate surface area is 82.8 Å². The number of hydrogen-bond acceptors (Lipinski definition) is 3. The molecule has 1 saturated heterocycles. The monoisotopic (exact) mass is 194 g/mol. The van der Waals surface area contributed by atoms with Crippen LogP contribution >= 0.6 is 0 Å². The zero-order valence-electron chi connectivity index (χ0n) is 8.23. The van der Waals surface area contributed by atoms with E-state index in [0.29, 0.717) is 17.8 Å². The molecule has 0 spiro atoms. The number of carbonyl (C=O) groups excluding carboxylic acids is 2. The van der Waals surface area contributed by atoms with Crippen LogP contribution in [0.5, 0.6) is 0 Å². The molecule has 0 amide bonds. The van der Waals surface area contributed by atoms with Gasteiger partial charge in [0.25, 0.3) is 0 Å². The van der Waals surface area contributed by atoms with Crippen LogP contribution < -0.4 is 0 Å². The van der Waals surface area contributed by atoms with Crippen molar-refractivity contribution in [1.82, 2.24) is 0 Å². The fraction of sp³-hybridized carbons (Fsp3) is 0.818.